The van der Waals surface area contributed by atoms with E-state index in [9.17, 15) is 24.3 Å². The maximum absolute atomic E-state index is 13.0. The molecule has 0 fully saturated rings. The third kappa shape index (κ3) is 6.37. The highest BCUT2D eigenvalue weighted by Crippen LogP contribution is 2.30. The first kappa shape index (κ1) is 27.9. The number of esters is 1. The fourth-order valence-corrected chi connectivity index (χ4v) is 3.96. The van der Waals surface area contributed by atoms with Gasteiger partial charge in [0, 0.05) is 28.6 Å². The number of halogens is 1. The second kappa shape index (κ2) is 12.1. The van der Waals surface area contributed by atoms with E-state index in [-0.39, 0.29) is 23.6 Å². The number of carboxylic acids is 2. The molecule has 0 amide bonds. The predicted octanol–water partition coefficient (Wildman–Crippen LogP) is 5.24. The van der Waals surface area contributed by atoms with Crippen molar-refractivity contribution in [1.82, 2.24) is 4.57 Å². The van der Waals surface area contributed by atoms with Gasteiger partial charge < -0.3 is 19.7 Å². The lowest BCUT2D eigenvalue weighted by atomic mass is 10.1. The van der Waals surface area contributed by atoms with Crippen LogP contribution in [0, 0.1) is 6.92 Å². The molecule has 4 aromatic rings. The number of fused-ring (bicyclic) bond motifs is 1. The number of carbonyl (C=O) groups excluding carboxylic acids is 2. The molecule has 0 aliphatic carbocycles. The molecule has 0 spiro atoms. The molecule has 3 aromatic carbocycles. The fourth-order valence-electron chi connectivity index (χ4n) is 3.83. The van der Waals surface area contributed by atoms with E-state index < -0.39 is 17.9 Å². The summed E-state index contributed by atoms with van der Waals surface area (Å²) in [5, 5.41) is 19.2. The quantitative estimate of drug-likeness (QED) is 0.252. The number of hydrogen-bond donors (Lipinski definition) is 2. The summed E-state index contributed by atoms with van der Waals surface area (Å²) in [6, 6.07) is 17.8. The highest BCUT2D eigenvalue weighted by Gasteiger charge is 2.21. The van der Waals surface area contributed by atoms with E-state index in [1.54, 1.807) is 68.6 Å². The number of carboxylic acid groups (broad SMARTS) is 2. The zero-order valence-corrected chi connectivity index (χ0v) is 21.5. The highest BCUT2D eigenvalue weighted by molar-refractivity contribution is 6.30. The van der Waals surface area contributed by atoms with Crippen LogP contribution in [0.3, 0.4) is 0 Å². The van der Waals surface area contributed by atoms with Crippen molar-refractivity contribution in [3.8, 4) is 11.5 Å². The molecule has 0 atom stereocenters. The van der Waals surface area contributed by atoms with Crippen molar-refractivity contribution in [1.29, 1.82) is 0 Å². The van der Waals surface area contributed by atoms with Gasteiger partial charge in [-0.3, -0.25) is 19.0 Å². The minimum Gasteiger partial charge on any atom is -0.497 e. The Balaban J connectivity index is 0.000000260. The highest BCUT2D eigenvalue weighted by atomic mass is 35.5. The first-order valence-electron chi connectivity index (χ1n) is 11.2. The monoisotopic (exact) mass is 537 g/mol. The van der Waals surface area contributed by atoms with E-state index >= 15 is 0 Å². The van der Waals surface area contributed by atoms with Gasteiger partial charge in [0.25, 0.3) is 5.91 Å². The number of hydrogen-bond acceptors (Lipinski definition) is 6. The standard InChI is InChI=1S/C19H16ClNO4.C9H8O4/c1-11-15(10-18(22)23)16-9-14(25-2)7-8-17(16)21(11)19(24)12-3-5-13(20)6-4-12;1-6(10)13-8-5-3-2-4-7(8)9(11)12/h3-9H,10H2,1-2H3,(H,22,23);2-5H,1H3,(H,11,12). The first-order chi connectivity index (χ1) is 18.0. The third-order valence-electron chi connectivity index (χ3n) is 5.54. The molecule has 0 saturated carbocycles. The molecule has 0 radical (unpaired) electrons. The molecule has 196 valence electrons. The van der Waals surface area contributed by atoms with Gasteiger partial charge in [-0.2, -0.15) is 0 Å². The SMILES string of the molecule is CC(=O)Oc1ccccc1C(=O)O.COc1ccc2c(c1)c(CC(=O)O)c(C)n2C(=O)c1ccc(Cl)cc1. The number of para-hydroxylation sites is 1. The zero-order valence-electron chi connectivity index (χ0n) is 20.7. The zero-order chi connectivity index (χ0) is 28.0. The summed E-state index contributed by atoms with van der Waals surface area (Å²) in [7, 11) is 1.54. The molecule has 9 nitrogen and oxygen atoms in total. The topological polar surface area (TPSA) is 132 Å². The van der Waals surface area contributed by atoms with Gasteiger partial charge in [0.05, 0.1) is 19.0 Å². The largest absolute Gasteiger partial charge is 0.497 e. The minimum atomic E-state index is -1.11. The number of aliphatic carboxylic acids is 1. The van der Waals surface area contributed by atoms with Crippen LogP contribution in [-0.4, -0.2) is 45.7 Å². The van der Waals surface area contributed by atoms with Gasteiger partial charge in [0.15, 0.2) is 0 Å². The van der Waals surface area contributed by atoms with Crippen LogP contribution in [-0.2, 0) is 16.0 Å². The smallest absolute Gasteiger partial charge is 0.339 e. The molecule has 1 aromatic heterocycles. The summed E-state index contributed by atoms with van der Waals surface area (Å²) in [6.45, 7) is 2.97. The lowest BCUT2D eigenvalue weighted by Gasteiger charge is -2.08. The van der Waals surface area contributed by atoms with E-state index in [0.29, 0.717) is 38.5 Å². The molecular weight excluding hydrogens is 514 g/mol. The Morgan fingerprint density at radius 2 is 1.61 bits per heavy atom. The summed E-state index contributed by atoms with van der Waals surface area (Å²) < 4.78 is 11.5. The number of rotatable bonds is 6. The molecule has 10 heteroatoms. The van der Waals surface area contributed by atoms with E-state index in [1.165, 1.54) is 23.6 Å². The maximum atomic E-state index is 13.0. The Morgan fingerprint density at radius 1 is 0.947 bits per heavy atom. The van der Waals surface area contributed by atoms with Crippen LogP contribution in [0.4, 0.5) is 0 Å². The van der Waals surface area contributed by atoms with Crippen molar-refractivity contribution >= 4 is 46.3 Å². The summed E-state index contributed by atoms with van der Waals surface area (Å²) in [5.41, 5.74) is 2.31. The van der Waals surface area contributed by atoms with Gasteiger partial charge in [-0.15, -0.1) is 0 Å². The van der Waals surface area contributed by atoms with Crippen LogP contribution in [0.15, 0.2) is 66.7 Å². The number of aromatic nitrogens is 1. The van der Waals surface area contributed by atoms with Crippen molar-refractivity contribution in [2.45, 2.75) is 20.3 Å². The van der Waals surface area contributed by atoms with Gasteiger partial charge in [0.1, 0.15) is 17.1 Å². The predicted molar refractivity (Wildman–Crippen MR) is 140 cm³/mol. The molecule has 0 unspecified atom stereocenters. The summed E-state index contributed by atoms with van der Waals surface area (Å²) >= 11 is 5.89. The van der Waals surface area contributed by atoms with Crippen molar-refractivity contribution in [2.24, 2.45) is 0 Å². The van der Waals surface area contributed by atoms with Crippen molar-refractivity contribution in [3.63, 3.8) is 0 Å². The molecular formula is C28H24ClNO8. The molecule has 2 N–H and O–H groups in total. The summed E-state index contributed by atoms with van der Waals surface area (Å²) in [5.74, 6) is -2.16. The Bertz CT molecular complexity index is 1520. The number of ether oxygens (including phenoxy) is 2. The van der Waals surface area contributed by atoms with Gasteiger partial charge in [-0.25, -0.2) is 4.79 Å². The van der Waals surface area contributed by atoms with E-state index in [2.05, 4.69) is 4.74 Å². The van der Waals surface area contributed by atoms with Crippen molar-refractivity contribution in [3.05, 3.63) is 94.1 Å². The van der Waals surface area contributed by atoms with Crippen LogP contribution >= 0.6 is 11.6 Å². The lowest BCUT2D eigenvalue weighted by Crippen LogP contribution is -2.14. The molecule has 1 heterocycles. The average molecular weight is 538 g/mol. The number of carbonyl (C=O) groups is 4. The Morgan fingerprint density at radius 3 is 2.18 bits per heavy atom. The van der Waals surface area contributed by atoms with Gasteiger partial charge in [0.2, 0.25) is 0 Å². The average Bonchev–Trinajstić information content (AvgIpc) is 3.14. The van der Waals surface area contributed by atoms with Crippen molar-refractivity contribution < 1.29 is 38.9 Å². The first-order valence-corrected chi connectivity index (χ1v) is 11.6. The minimum absolute atomic E-state index is 0.0160. The summed E-state index contributed by atoms with van der Waals surface area (Å²) in [6.07, 6.45) is -0.170. The Hall–Kier alpha value is -4.63. The van der Waals surface area contributed by atoms with Crippen LogP contribution < -0.4 is 9.47 Å². The number of nitrogens with zero attached hydrogens (tertiary/aromatic N) is 1. The Kier molecular flexibility index (Phi) is 8.88. The molecule has 0 saturated heterocycles. The van der Waals surface area contributed by atoms with Crippen LogP contribution in [0.1, 0.15) is 38.9 Å². The lowest BCUT2D eigenvalue weighted by molar-refractivity contribution is -0.136. The van der Waals surface area contributed by atoms with Crippen LogP contribution in [0.5, 0.6) is 11.5 Å². The molecule has 0 aliphatic rings. The fraction of sp³-hybridized carbons (Fsp3) is 0.143. The number of aromatic carboxylic acids is 1. The maximum Gasteiger partial charge on any atom is 0.339 e. The summed E-state index contributed by atoms with van der Waals surface area (Å²) in [4.78, 5) is 45.4. The van der Waals surface area contributed by atoms with Crippen LogP contribution in [0.2, 0.25) is 5.02 Å². The molecule has 0 bridgehead atoms. The molecule has 4 rings (SSSR count). The normalized spacial score (nSPS) is 10.3. The van der Waals surface area contributed by atoms with E-state index in [4.69, 9.17) is 21.4 Å². The molecule has 0 aliphatic heterocycles. The van der Waals surface area contributed by atoms with E-state index in [0.717, 1.165) is 0 Å². The third-order valence-corrected chi connectivity index (χ3v) is 5.79. The molecule has 38 heavy (non-hydrogen) atoms. The van der Waals surface area contributed by atoms with Crippen molar-refractivity contribution in [2.75, 3.05) is 7.11 Å². The van der Waals surface area contributed by atoms with E-state index in [1.807, 2.05) is 0 Å². The van der Waals surface area contributed by atoms with Gasteiger partial charge in [-0.05, 0) is 67.1 Å². The van der Waals surface area contributed by atoms with Gasteiger partial charge in [-0.1, -0.05) is 23.7 Å². The van der Waals surface area contributed by atoms with Gasteiger partial charge >= 0.3 is 17.9 Å². The Labute approximate surface area is 222 Å². The number of methoxy groups -OCH3 is 1. The number of benzene rings is 3. The second-order valence-corrected chi connectivity index (χ2v) is 8.50. The second-order valence-electron chi connectivity index (χ2n) is 8.06. The van der Waals surface area contributed by atoms with Crippen LogP contribution in [0.25, 0.3) is 10.9 Å².